The van der Waals surface area contributed by atoms with Crippen LogP contribution in [0.1, 0.15) is 45.4 Å². The Bertz CT molecular complexity index is 338. The van der Waals surface area contributed by atoms with Crippen LogP contribution in [0, 0.1) is 0 Å². The molecule has 3 N–H and O–H groups in total. The quantitative estimate of drug-likeness (QED) is 0.413. The number of amides is 1. The molecule has 6 heteroatoms. The highest BCUT2D eigenvalue weighted by atomic mass is 16.4. The average molecular weight is 271 g/mol. The van der Waals surface area contributed by atoms with Gasteiger partial charge in [-0.15, -0.1) is 0 Å². The maximum atomic E-state index is 11.4. The molecule has 0 aliphatic rings. The minimum atomic E-state index is -1.23. The van der Waals surface area contributed by atoms with Gasteiger partial charge in [0.25, 0.3) is 0 Å². The zero-order chi connectivity index (χ0) is 14.7. The van der Waals surface area contributed by atoms with Crippen molar-refractivity contribution in [1.82, 2.24) is 5.32 Å². The molecule has 0 heterocycles. The first-order valence-corrected chi connectivity index (χ1v) is 6.39. The lowest BCUT2D eigenvalue weighted by atomic mass is 10.1. The molecule has 1 atom stereocenters. The predicted molar refractivity (Wildman–Crippen MR) is 69.7 cm³/mol. The standard InChI is InChI=1S/C13H21NO5/c1-2-3-4-5-6-7-11(15)14-10(13(18)19)8-9-12(16)17/h6-7,10H,2-5,8-9H2,1H3,(H,14,15)(H,16,17)(H,18,19)/b7-6+/t10-/m0/s1. The lowest BCUT2D eigenvalue weighted by Gasteiger charge is -2.11. The summed E-state index contributed by atoms with van der Waals surface area (Å²) in [4.78, 5) is 32.6. The van der Waals surface area contributed by atoms with Gasteiger partial charge in [-0.1, -0.05) is 25.8 Å². The second kappa shape index (κ2) is 10.1. The summed E-state index contributed by atoms with van der Waals surface area (Å²) in [6.07, 6.45) is 6.51. The third kappa shape index (κ3) is 9.82. The smallest absolute Gasteiger partial charge is 0.326 e. The van der Waals surface area contributed by atoms with Gasteiger partial charge in [0.2, 0.25) is 5.91 Å². The van der Waals surface area contributed by atoms with Crippen molar-refractivity contribution in [3.05, 3.63) is 12.2 Å². The molecular weight excluding hydrogens is 250 g/mol. The van der Waals surface area contributed by atoms with Gasteiger partial charge in [0.15, 0.2) is 0 Å². The van der Waals surface area contributed by atoms with Gasteiger partial charge in [0.1, 0.15) is 6.04 Å². The molecule has 108 valence electrons. The van der Waals surface area contributed by atoms with Crippen LogP contribution in [0.4, 0.5) is 0 Å². The molecule has 0 saturated carbocycles. The number of nitrogens with one attached hydrogen (secondary N) is 1. The van der Waals surface area contributed by atoms with Crippen molar-refractivity contribution < 1.29 is 24.6 Å². The highest BCUT2D eigenvalue weighted by molar-refractivity contribution is 5.91. The van der Waals surface area contributed by atoms with Crippen LogP contribution < -0.4 is 5.32 Å². The number of unbranched alkanes of at least 4 members (excludes halogenated alkanes) is 3. The Morgan fingerprint density at radius 3 is 2.42 bits per heavy atom. The highest BCUT2D eigenvalue weighted by Gasteiger charge is 2.19. The van der Waals surface area contributed by atoms with E-state index < -0.39 is 23.9 Å². The number of carboxylic acids is 2. The van der Waals surface area contributed by atoms with Gasteiger partial charge in [-0.25, -0.2) is 4.79 Å². The van der Waals surface area contributed by atoms with Gasteiger partial charge in [0, 0.05) is 6.42 Å². The Morgan fingerprint density at radius 1 is 1.21 bits per heavy atom. The Balaban J connectivity index is 4.09. The third-order valence-corrected chi connectivity index (χ3v) is 2.51. The molecule has 0 aromatic heterocycles. The van der Waals surface area contributed by atoms with Gasteiger partial charge in [0.05, 0.1) is 0 Å². The number of rotatable bonds is 10. The van der Waals surface area contributed by atoms with Crippen LogP contribution in [0.25, 0.3) is 0 Å². The van der Waals surface area contributed by atoms with Crippen LogP contribution in [0.3, 0.4) is 0 Å². The Morgan fingerprint density at radius 2 is 1.89 bits per heavy atom. The Labute approximate surface area is 112 Å². The minimum Gasteiger partial charge on any atom is -0.481 e. The maximum Gasteiger partial charge on any atom is 0.326 e. The third-order valence-electron chi connectivity index (χ3n) is 2.51. The van der Waals surface area contributed by atoms with E-state index >= 15 is 0 Å². The van der Waals surface area contributed by atoms with E-state index in [1.165, 1.54) is 6.08 Å². The van der Waals surface area contributed by atoms with Gasteiger partial charge < -0.3 is 15.5 Å². The molecule has 1 amide bonds. The van der Waals surface area contributed by atoms with Crippen LogP contribution >= 0.6 is 0 Å². The van der Waals surface area contributed by atoms with Crippen molar-refractivity contribution >= 4 is 17.8 Å². The number of carbonyl (C=O) groups excluding carboxylic acids is 1. The number of allylic oxidation sites excluding steroid dienone is 1. The second-order valence-electron chi connectivity index (χ2n) is 4.23. The fourth-order valence-electron chi connectivity index (χ4n) is 1.45. The summed E-state index contributed by atoms with van der Waals surface area (Å²) in [6, 6.07) is -1.16. The lowest BCUT2D eigenvalue weighted by Crippen LogP contribution is -2.40. The summed E-state index contributed by atoms with van der Waals surface area (Å²) in [6.45, 7) is 2.08. The second-order valence-corrected chi connectivity index (χ2v) is 4.23. The number of carboxylic acid groups (broad SMARTS) is 2. The van der Waals surface area contributed by atoms with E-state index in [9.17, 15) is 14.4 Å². The van der Waals surface area contributed by atoms with Crippen molar-refractivity contribution in [3.8, 4) is 0 Å². The van der Waals surface area contributed by atoms with Crippen molar-refractivity contribution in [2.24, 2.45) is 0 Å². The van der Waals surface area contributed by atoms with E-state index in [1.54, 1.807) is 6.08 Å². The van der Waals surface area contributed by atoms with Gasteiger partial charge in [-0.2, -0.15) is 0 Å². The monoisotopic (exact) mass is 271 g/mol. The number of aliphatic carboxylic acids is 2. The highest BCUT2D eigenvalue weighted by Crippen LogP contribution is 2.01. The molecule has 0 radical (unpaired) electrons. The molecule has 0 aliphatic carbocycles. The SMILES string of the molecule is CCCCC/C=C/C(=O)N[C@@H](CCC(=O)O)C(=O)O. The van der Waals surface area contributed by atoms with Crippen LogP contribution in [-0.4, -0.2) is 34.1 Å². The van der Waals surface area contributed by atoms with E-state index in [2.05, 4.69) is 12.2 Å². The number of carbonyl (C=O) groups is 3. The number of hydrogen-bond acceptors (Lipinski definition) is 3. The zero-order valence-electron chi connectivity index (χ0n) is 11.1. The molecule has 0 bridgehead atoms. The molecule has 0 aliphatic heterocycles. The van der Waals surface area contributed by atoms with Crippen molar-refractivity contribution in [3.63, 3.8) is 0 Å². The first kappa shape index (κ1) is 17.2. The molecule has 6 nitrogen and oxygen atoms in total. The van der Waals surface area contributed by atoms with Gasteiger partial charge in [-0.3, -0.25) is 9.59 Å². The van der Waals surface area contributed by atoms with E-state index in [0.717, 1.165) is 25.7 Å². The van der Waals surface area contributed by atoms with E-state index in [0.29, 0.717) is 0 Å². The lowest BCUT2D eigenvalue weighted by molar-refractivity contribution is -0.142. The molecule has 0 aromatic rings. The fraction of sp³-hybridized carbons (Fsp3) is 0.615. The molecular formula is C13H21NO5. The summed E-state index contributed by atoms with van der Waals surface area (Å²) in [5.74, 6) is -2.82. The summed E-state index contributed by atoms with van der Waals surface area (Å²) in [5, 5.41) is 19.6. The van der Waals surface area contributed by atoms with E-state index in [1.807, 2.05) is 0 Å². The molecule has 19 heavy (non-hydrogen) atoms. The van der Waals surface area contributed by atoms with E-state index in [4.69, 9.17) is 10.2 Å². The predicted octanol–water partition coefficient (Wildman–Crippen LogP) is 1.56. The summed E-state index contributed by atoms with van der Waals surface area (Å²) in [7, 11) is 0. The Kier molecular flexibility index (Phi) is 9.12. The molecule has 0 saturated heterocycles. The van der Waals surface area contributed by atoms with Crippen molar-refractivity contribution in [1.29, 1.82) is 0 Å². The molecule has 0 fully saturated rings. The fourth-order valence-corrected chi connectivity index (χ4v) is 1.45. The topological polar surface area (TPSA) is 104 Å². The molecule has 0 aromatic carbocycles. The summed E-state index contributed by atoms with van der Waals surface area (Å²) in [5.41, 5.74) is 0. The van der Waals surface area contributed by atoms with Crippen LogP contribution in [0.5, 0.6) is 0 Å². The van der Waals surface area contributed by atoms with Gasteiger partial charge >= 0.3 is 11.9 Å². The van der Waals surface area contributed by atoms with Crippen molar-refractivity contribution in [2.45, 2.75) is 51.5 Å². The maximum absolute atomic E-state index is 11.4. The van der Waals surface area contributed by atoms with Gasteiger partial charge in [-0.05, 0) is 25.3 Å². The van der Waals surface area contributed by atoms with Crippen LogP contribution in [0.15, 0.2) is 12.2 Å². The summed E-state index contributed by atoms with van der Waals surface area (Å²) < 4.78 is 0. The Hall–Kier alpha value is -1.85. The average Bonchev–Trinajstić information content (AvgIpc) is 2.33. The zero-order valence-corrected chi connectivity index (χ0v) is 11.1. The van der Waals surface area contributed by atoms with Crippen LogP contribution in [-0.2, 0) is 14.4 Å². The molecule has 0 unspecified atom stereocenters. The largest absolute Gasteiger partial charge is 0.481 e. The normalized spacial score (nSPS) is 12.3. The van der Waals surface area contributed by atoms with E-state index in [-0.39, 0.29) is 12.8 Å². The van der Waals surface area contributed by atoms with Crippen molar-refractivity contribution in [2.75, 3.05) is 0 Å². The first-order chi connectivity index (χ1) is 8.97. The summed E-state index contributed by atoms with van der Waals surface area (Å²) >= 11 is 0. The minimum absolute atomic E-state index is 0.125. The molecule has 0 rings (SSSR count). The number of hydrogen-bond donors (Lipinski definition) is 3. The van der Waals surface area contributed by atoms with Crippen LogP contribution in [0.2, 0.25) is 0 Å². The molecule has 0 spiro atoms. The first-order valence-electron chi connectivity index (χ1n) is 6.39.